The molecule has 13 heteroatoms. The molecule has 5 N–H and O–H groups in total. The molecule has 2 heterocycles. The Morgan fingerprint density at radius 2 is 1.76 bits per heavy atom. The number of tetrazole rings is 1. The van der Waals surface area contributed by atoms with Crippen LogP contribution in [0.25, 0.3) is 33.4 Å². The van der Waals surface area contributed by atoms with Gasteiger partial charge in [0, 0.05) is 35.5 Å². The maximum atomic E-state index is 13.9. The molecule has 2 aromatic heterocycles. The normalized spacial score (nSPS) is 16.8. The first-order valence-corrected chi connectivity index (χ1v) is 17.0. The van der Waals surface area contributed by atoms with Crippen LogP contribution in [0.3, 0.4) is 0 Å². The van der Waals surface area contributed by atoms with Gasteiger partial charge in [-0.3, -0.25) is 14.7 Å². The summed E-state index contributed by atoms with van der Waals surface area (Å²) >= 11 is 0. The van der Waals surface area contributed by atoms with Gasteiger partial charge in [-0.25, -0.2) is 4.79 Å². The number of hydrogen-bond donors (Lipinski definition) is 5. The van der Waals surface area contributed by atoms with Crippen molar-refractivity contribution in [1.29, 1.82) is 0 Å². The molecule has 0 spiro atoms. The number of hydrogen-bond acceptors (Lipinski definition) is 8. The van der Waals surface area contributed by atoms with Gasteiger partial charge in [0.2, 0.25) is 17.6 Å². The monoisotopic (exact) mass is 677 g/mol. The molecule has 0 bridgehead atoms. The first kappa shape index (κ1) is 34.3. The van der Waals surface area contributed by atoms with E-state index in [4.69, 9.17) is 4.74 Å². The summed E-state index contributed by atoms with van der Waals surface area (Å²) < 4.78 is 5.36. The second-order valence-electron chi connectivity index (χ2n) is 14.0. The Bertz CT molecular complexity index is 1940. The van der Waals surface area contributed by atoms with Gasteiger partial charge in [0.15, 0.2) is 0 Å². The summed E-state index contributed by atoms with van der Waals surface area (Å²) in [5.74, 6) is 0.00676. The second kappa shape index (κ2) is 14.9. The van der Waals surface area contributed by atoms with Crippen LogP contribution in [0.15, 0.2) is 66.9 Å². The van der Waals surface area contributed by atoms with E-state index in [0.717, 1.165) is 51.6 Å². The van der Waals surface area contributed by atoms with E-state index < -0.39 is 17.7 Å². The predicted octanol–water partition coefficient (Wildman–Crippen LogP) is 5.72. The number of carbonyl (C=O) groups excluding carboxylic acids is 3. The first-order valence-electron chi connectivity index (χ1n) is 17.0. The lowest BCUT2D eigenvalue weighted by Gasteiger charge is -2.29. The SMILES string of the molecule is Cc1ccc2[nH]ncc2c1-c1cccc(CC(NC(=O)C2CCC(CNC(=O)OC(C)(C)C)CC2)C(=O)Nc2ccc(-c3nn[nH]n3)cc2)c1. The molecule has 1 unspecified atom stereocenters. The molecular formula is C37H43N9O4. The number of aryl methyl sites for hydroxylation is 1. The average Bonchev–Trinajstić information content (AvgIpc) is 3.80. The number of alkyl carbamates (subject to hydrolysis) is 1. The Morgan fingerprint density at radius 1 is 0.980 bits per heavy atom. The lowest BCUT2D eigenvalue weighted by atomic mass is 9.81. The average molecular weight is 678 g/mol. The molecule has 1 fully saturated rings. The lowest BCUT2D eigenvalue weighted by molar-refractivity contribution is -0.130. The smallest absolute Gasteiger partial charge is 0.407 e. The predicted molar refractivity (Wildman–Crippen MR) is 190 cm³/mol. The van der Waals surface area contributed by atoms with E-state index in [1.807, 2.05) is 51.2 Å². The van der Waals surface area contributed by atoms with Crippen molar-refractivity contribution < 1.29 is 19.1 Å². The summed E-state index contributed by atoms with van der Waals surface area (Å²) in [6.45, 7) is 8.06. The highest BCUT2D eigenvalue weighted by molar-refractivity contribution is 5.98. The van der Waals surface area contributed by atoms with Crippen LogP contribution in [-0.2, 0) is 20.7 Å². The third-order valence-corrected chi connectivity index (χ3v) is 9.03. The molecule has 3 amide bonds. The van der Waals surface area contributed by atoms with Crippen molar-refractivity contribution in [2.75, 3.05) is 11.9 Å². The van der Waals surface area contributed by atoms with Crippen LogP contribution < -0.4 is 16.0 Å². The topological polar surface area (TPSA) is 180 Å². The summed E-state index contributed by atoms with van der Waals surface area (Å²) in [5, 5.41) is 31.3. The van der Waals surface area contributed by atoms with Crippen LogP contribution >= 0.6 is 0 Å². The molecule has 5 aromatic rings. The van der Waals surface area contributed by atoms with Crippen molar-refractivity contribution in [2.24, 2.45) is 11.8 Å². The van der Waals surface area contributed by atoms with E-state index in [1.54, 1.807) is 24.3 Å². The molecule has 260 valence electrons. The van der Waals surface area contributed by atoms with Crippen LogP contribution in [0.1, 0.15) is 57.6 Å². The van der Waals surface area contributed by atoms with Gasteiger partial charge in [0.05, 0.1) is 11.7 Å². The number of anilines is 1. The first-order chi connectivity index (χ1) is 24.0. The number of rotatable bonds is 10. The van der Waals surface area contributed by atoms with E-state index in [1.165, 1.54) is 0 Å². The Hall–Kier alpha value is -5.59. The zero-order valence-corrected chi connectivity index (χ0v) is 28.7. The summed E-state index contributed by atoms with van der Waals surface area (Å²) in [6, 6.07) is 18.5. The number of aromatic amines is 2. The molecular weight excluding hydrogens is 634 g/mol. The zero-order valence-electron chi connectivity index (χ0n) is 28.7. The van der Waals surface area contributed by atoms with E-state index in [0.29, 0.717) is 37.3 Å². The highest BCUT2D eigenvalue weighted by atomic mass is 16.6. The number of aromatic nitrogens is 6. The minimum Gasteiger partial charge on any atom is -0.444 e. The van der Waals surface area contributed by atoms with Gasteiger partial charge in [0.1, 0.15) is 11.6 Å². The van der Waals surface area contributed by atoms with Gasteiger partial charge in [-0.15, -0.1) is 10.2 Å². The number of carbonyl (C=O) groups is 3. The molecule has 1 aliphatic rings. The number of fused-ring (bicyclic) bond motifs is 1. The third-order valence-electron chi connectivity index (χ3n) is 9.03. The van der Waals surface area contributed by atoms with Gasteiger partial charge in [0.25, 0.3) is 0 Å². The fourth-order valence-electron chi connectivity index (χ4n) is 6.48. The highest BCUT2D eigenvalue weighted by Crippen LogP contribution is 2.32. The Labute approximate surface area is 290 Å². The van der Waals surface area contributed by atoms with E-state index in [-0.39, 0.29) is 23.7 Å². The molecule has 1 saturated carbocycles. The molecule has 50 heavy (non-hydrogen) atoms. The second-order valence-corrected chi connectivity index (χ2v) is 14.0. The Morgan fingerprint density at radius 3 is 2.48 bits per heavy atom. The van der Waals surface area contributed by atoms with Crippen molar-refractivity contribution in [3.05, 3.63) is 78.0 Å². The van der Waals surface area contributed by atoms with Crippen molar-refractivity contribution in [3.8, 4) is 22.5 Å². The molecule has 1 atom stereocenters. The maximum absolute atomic E-state index is 13.9. The number of amides is 3. The van der Waals surface area contributed by atoms with Gasteiger partial charge >= 0.3 is 6.09 Å². The number of H-pyrrole nitrogens is 2. The van der Waals surface area contributed by atoms with Gasteiger partial charge in [-0.2, -0.15) is 10.3 Å². The number of ether oxygens (including phenoxy) is 1. The molecule has 1 aliphatic carbocycles. The van der Waals surface area contributed by atoms with E-state index >= 15 is 0 Å². The zero-order chi connectivity index (χ0) is 35.3. The molecule has 13 nitrogen and oxygen atoms in total. The fourth-order valence-corrected chi connectivity index (χ4v) is 6.48. The van der Waals surface area contributed by atoms with Crippen LogP contribution in [0, 0.1) is 18.8 Å². The molecule has 3 aromatic carbocycles. The number of nitrogens with one attached hydrogen (secondary N) is 5. The van der Waals surface area contributed by atoms with E-state index in [2.05, 4.69) is 65.8 Å². The quantitative estimate of drug-likeness (QED) is 0.125. The van der Waals surface area contributed by atoms with Crippen LogP contribution in [-0.4, -0.2) is 66.9 Å². The van der Waals surface area contributed by atoms with Gasteiger partial charge in [-0.05, 0) is 117 Å². The Kier molecular flexibility index (Phi) is 10.2. The largest absolute Gasteiger partial charge is 0.444 e. The molecule has 0 saturated heterocycles. The van der Waals surface area contributed by atoms with Crippen molar-refractivity contribution in [2.45, 2.75) is 71.4 Å². The van der Waals surface area contributed by atoms with Crippen LogP contribution in [0.2, 0.25) is 0 Å². The summed E-state index contributed by atoms with van der Waals surface area (Å²) in [7, 11) is 0. The lowest BCUT2D eigenvalue weighted by Crippen LogP contribution is -2.48. The molecule has 6 rings (SSSR count). The standard InChI is InChI=1S/C37H43N9O4/c1-22-8-17-30-29(21-39-42-30)32(22)27-7-5-6-24(18-27)19-31(35(48)40-28-15-13-25(14-16-28)33-43-45-46-44-33)41-34(47)26-11-9-23(10-12-26)20-38-36(49)50-37(2,3)4/h5-8,13-18,21,23,26,31H,9-12,19-20H2,1-4H3,(H,38,49)(H,39,42)(H,40,48)(H,41,47)(H,43,44,45,46). The van der Waals surface area contributed by atoms with E-state index in [9.17, 15) is 14.4 Å². The summed E-state index contributed by atoms with van der Waals surface area (Å²) in [4.78, 5) is 39.7. The van der Waals surface area contributed by atoms with Crippen LogP contribution in [0.4, 0.5) is 10.5 Å². The number of nitrogens with zero attached hydrogens (tertiary/aromatic N) is 4. The van der Waals surface area contributed by atoms with Crippen LogP contribution in [0.5, 0.6) is 0 Å². The fraction of sp³-hybridized carbons (Fsp3) is 0.378. The maximum Gasteiger partial charge on any atom is 0.407 e. The van der Waals surface area contributed by atoms with Gasteiger partial charge in [-0.1, -0.05) is 30.3 Å². The minimum absolute atomic E-state index is 0.147. The van der Waals surface area contributed by atoms with Crippen molar-refractivity contribution in [1.82, 2.24) is 41.5 Å². The molecule has 0 aliphatic heterocycles. The minimum atomic E-state index is -0.827. The van der Waals surface area contributed by atoms with Gasteiger partial charge < -0.3 is 20.7 Å². The highest BCUT2D eigenvalue weighted by Gasteiger charge is 2.30. The molecule has 0 radical (unpaired) electrons. The van der Waals surface area contributed by atoms with Crippen molar-refractivity contribution >= 4 is 34.5 Å². The third kappa shape index (κ3) is 8.52. The number of benzene rings is 3. The summed E-state index contributed by atoms with van der Waals surface area (Å²) in [5.41, 5.74) is 5.81. The summed E-state index contributed by atoms with van der Waals surface area (Å²) in [6.07, 6.45) is 4.60. The van der Waals surface area contributed by atoms with Crippen molar-refractivity contribution in [3.63, 3.8) is 0 Å². The Balaban J connectivity index is 1.16.